The maximum absolute atomic E-state index is 14.5. The molecule has 1 aliphatic rings. The molecule has 4 heteroatoms. The van der Waals surface area contributed by atoms with Crippen LogP contribution in [0.3, 0.4) is 0 Å². The van der Waals surface area contributed by atoms with Crippen molar-refractivity contribution < 1.29 is 9.13 Å². The van der Waals surface area contributed by atoms with Crippen LogP contribution in [0.15, 0.2) is 18.2 Å². The highest BCUT2D eigenvalue weighted by molar-refractivity contribution is 5.33. The van der Waals surface area contributed by atoms with Crippen molar-refractivity contribution in [1.29, 1.82) is 0 Å². The maximum atomic E-state index is 14.5. The first-order chi connectivity index (χ1) is 9.77. The molecule has 1 fully saturated rings. The molecule has 0 aromatic heterocycles. The zero-order valence-electron chi connectivity index (χ0n) is 12.5. The summed E-state index contributed by atoms with van der Waals surface area (Å²) in [6.07, 6.45) is 3.25. The van der Waals surface area contributed by atoms with Crippen LogP contribution < -0.4 is 10.1 Å². The van der Waals surface area contributed by atoms with E-state index in [1.807, 2.05) is 12.1 Å². The highest BCUT2D eigenvalue weighted by atomic mass is 19.1. The lowest BCUT2D eigenvalue weighted by atomic mass is 9.98. The molecule has 0 amide bonds. The molecular weight excluding hydrogens is 255 g/mol. The van der Waals surface area contributed by atoms with E-state index < -0.39 is 0 Å². The van der Waals surface area contributed by atoms with Gasteiger partial charge in [-0.25, -0.2) is 4.39 Å². The third-order valence-electron chi connectivity index (χ3n) is 4.00. The van der Waals surface area contributed by atoms with Crippen LogP contribution >= 0.6 is 0 Å². The smallest absolute Gasteiger partial charge is 0.169 e. The Morgan fingerprint density at radius 1 is 1.35 bits per heavy atom. The Bertz CT molecular complexity index is 419. The average molecular weight is 280 g/mol. The minimum Gasteiger partial charge on any atom is -0.494 e. The Hall–Kier alpha value is -1.13. The molecule has 1 heterocycles. The summed E-state index contributed by atoms with van der Waals surface area (Å²) in [5, 5.41) is 3.35. The van der Waals surface area contributed by atoms with Gasteiger partial charge in [0.15, 0.2) is 11.6 Å². The van der Waals surface area contributed by atoms with E-state index in [0.717, 1.165) is 51.0 Å². The summed E-state index contributed by atoms with van der Waals surface area (Å²) in [5.41, 5.74) is 0.778. The first-order valence-electron chi connectivity index (χ1n) is 7.55. The van der Waals surface area contributed by atoms with Gasteiger partial charge in [0.25, 0.3) is 0 Å². The van der Waals surface area contributed by atoms with Crippen LogP contribution in [-0.4, -0.2) is 38.2 Å². The van der Waals surface area contributed by atoms with Crippen molar-refractivity contribution in [3.8, 4) is 5.75 Å². The number of rotatable bonds is 6. The number of nitrogens with one attached hydrogen (secondary N) is 1. The van der Waals surface area contributed by atoms with Crippen molar-refractivity contribution >= 4 is 0 Å². The van der Waals surface area contributed by atoms with E-state index in [-0.39, 0.29) is 11.9 Å². The van der Waals surface area contributed by atoms with Crippen LogP contribution in [0.4, 0.5) is 4.39 Å². The van der Waals surface area contributed by atoms with E-state index >= 15 is 0 Å². The SMILES string of the molecule is CCCC[C@@H](c1cccc(OC)c1F)N1CCNCC1. The number of methoxy groups -OCH3 is 1. The van der Waals surface area contributed by atoms with Crippen molar-refractivity contribution in [3.63, 3.8) is 0 Å². The lowest BCUT2D eigenvalue weighted by Gasteiger charge is -2.35. The third-order valence-corrected chi connectivity index (χ3v) is 4.00. The van der Waals surface area contributed by atoms with Crippen LogP contribution in [-0.2, 0) is 0 Å². The second kappa shape index (κ2) is 7.60. The van der Waals surface area contributed by atoms with Crippen molar-refractivity contribution in [1.82, 2.24) is 10.2 Å². The molecular formula is C16H25FN2O. The van der Waals surface area contributed by atoms with Gasteiger partial charge >= 0.3 is 0 Å². The Morgan fingerprint density at radius 3 is 2.75 bits per heavy atom. The minimum atomic E-state index is -0.199. The zero-order valence-corrected chi connectivity index (χ0v) is 12.5. The van der Waals surface area contributed by atoms with E-state index in [9.17, 15) is 4.39 Å². The van der Waals surface area contributed by atoms with Gasteiger partial charge in [-0.2, -0.15) is 0 Å². The van der Waals surface area contributed by atoms with Gasteiger partial charge in [-0.05, 0) is 12.5 Å². The minimum absolute atomic E-state index is 0.159. The molecule has 1 aliphatic heterocycles. The van der Waals surface area contributed by atoms with Gasteiger partial charge in [-0.1, -0.05) is 31.9 Å². The molecule has 3 nitrogen and oxygen atoms in total. The van der Waals surface area contributed by atoms with Gasteiger partial charge in [-0.3, -0.25) is 4.90 Å². The molecule has 1 aromatic carbocycles. The molecule has 1 saturated heterocycles. The highest BCUT2D eigenvalue weighted by Crippen LogP contribution is 2.32. The third kappa shape index (κ3) is 3.49. The second-order valence-corrected chi connectivity index (χ2v) is 5.31. The second-order valence-electron chi connectivity index (χ2n) is 5.31. The Kier molecular flexibility index (Phi) is 5.80. The van der Waals surface area contributed by atoms with Crippen molar-refractivity contribution in [3.05, 3.63) is 29.6 Å². The molecule has 2 rings (SSSR count). The summed E-state index contributed by atoms with van der Waals surface area (Å²) in [7, 11) is 1.52. The summed E-state index contributed by atoms with van der Waals surface area (Å²) in [4.78, 5) is 2.39. The largest absolute Gasteiger partial charge is 0.494 e. The number of ether oxygens (including phenoxy) is 1. The van der Waals surface area contributed by atoms with E-state index in [1.54, 1.807) is 6.07 Å². The van der Waals surface area contributed by atoms with Gasteiger partial charge in [0, 0.05) is 37.8 Å². The van der Waals surface area contributed by atoms with Crippen molar-refractivity contribution in [2.45, 2.75) is 32.2 Å². The number of benzene rings is 1. The molecule has 20 heavy (non-hydrogen) atoms. The highest BCUT2D eigenvalue weighted by Gasteiger charge is 2.25. The topological polar surface area (TPSA) is 24.5 Å². The normalized spacial score (nSPS) is 17.9. The monoisotopic (exact) mass is 280 g/mol. The Morgan fingerprint density at radius 2 is 2.10 bits per heavy atom. The Labute approximate surface area is 121 Å². The molecule has 0 bridgehead atoms. The summed E-state index contributed by atoms with van der Waals surface area (Å²) in [6, 6.07) is 5.64. The molecule has 1 N–H and O–H groups in total. The standard InChI is InChI=1S/C16H25FN2O/c1-3-4-7-14(19-11-9-18-10-12-19)13-6-5-8-15(20-2)16(13)17/h5-6,8,14,18H,3-4,7,9-12H2,1-2H3/t14-/m0/s1. The summed E-state index contributed by atoms with van der Waals surface area (Å²) >= 11 is 0. The van der Waals surface area contributed by atoms with Gasteiger partial charge in [-0.15, -0.1) is 0 Å². The number of unbranched alkanes of at least 4 members (excludes halogenated alkanes) is 1. The molecule has 0 spiro atoms. The van der Waals surface area contributed by atoms with Crippen LogP contribution in [0, 0.1) is 5.82 Å². The van der Waals surface area contributed by atoms with E-state index in [2.05, 4.69) is 17.1 Å². The molecule has 0 aliphatic carbocycles. The molecule has 0 unspecified atom stereocenters. The lowest BCUT2D eigenvalue weighted by Crippen LogP contribution is -2.45. The molecule has 0 saturated carbocycles. The van der Waals surface area contributed by atoms with Gasteiger partial charge < -0.3 is 10.1 Å². The number of hydrogen-bond donors (Lipinski definition) is 1. The molecule has 1 atom stereocenters. The first kappa shape index (κ1) is 15.3. The van der Waals surface area contributed by atoms with Crippen molar-refractivity contribution in [2.75, 3.05) is 33.3 Å². The fraction of sp³-hybridized carbons (Fsp3) is 0.625. The number of nitrogens with zero attached hydrogens (tertiary/aromatic N) is 1. The Balaban J connectivity index is 2.25. The van der Waals surface area contributed by atoms with E-state index in [4.69, 9.17) is 4.74 Å². The zero-order chi connectivity index (χ0) is 14.4. The van der Waals surface area contributed by atoms with Gasteiger partial charge in [0.1, 0.15) is 0 Å². The number of piperazine rings is 1. The quantitative estimate of drug-likeness (QED) is 0.867. The van der Waals surface area contributed by atoms with Crippen LogP contribution in [0.1, 0.15) is 37.8 Å². The fourth-order valence-corrected chi connectivity index (χ4v) is 2.87. The number of hydrogen-bond acceptors (Lipinski definition) is 3. The summed E-state index contributed by atoms with van der Waals surface area (Å²) in [6.45, 7) is 6.09. The van der Waals surface area contributed by atoms with Crippen LogP contribution in [0.2, 0.25) is 0 Å². The maximum Gasteiger partial charge on any atom is 0.169 e. The fourth-order valence-electron chi connectivity index (χ4n) is 2.87. The summed E-state index contributed by atoms with van der Waals surface area (Å²) < 4.78 is 19.7. The van der Waals surface area contributed by atoms with Gasteiger partial charge in [0.2, 0.25) is 0 Å². The van der Waals surface area contributed by atoms with E-state index in [0.29, 0.717) is 5.75 Å². The first-order valence-corrected chi connectivity index (χ1v) is 7.55. The predicted molar refractivity (Wildman–Crippen MR) is 79.7 cm³/mol. The van der Waals surface area contributed by atoms with Gasteiger partial charge in [0.05, 0.1) is 7.11 Å². The molecule has 0 radical (unpaired) electrons. The van der Waals surface area contributed by atoms with Crippen molar-refractivity contribution in [2.24, 2.45) is 0 Å². The number of halogens is 1. The summed E-state index contributed by atoms with van der Waals surface area (Å²) in [5.74, 6) is 0.147. The lowest BCUT2D eigenvalue weighted by molar-refractivity contribution is 0.159. The average Bonchev–Trinajstić information content (AvgIpc) is 2.50. The van der Waals surface area contributed by atoms with Crippen LogP contribution in [0.5, 0.6) is 5.75 Å². The molecule has 1 aromatic rings. The predicted octanol–water partition coefficient (Wildman–Crippen LogP) is 2.97. The molecule has 112 valence electrons. The van der Waals surface area contributed by atoms with E-state index in [1.165, 1.54) is 7.11 Å². The van der Waals surface area contributed by atoms with Crippen LogP contribution in [0.25, 0.3) is 0 Å².